The summed E-state index contributed by atoms with van der Waals surface area (Å²) in [5, 5.41) is 8.69. The van der Waals surface area contributed by atoms with E-state index in [0.717, 1.165) is 0 Å². The molecule has 0 aliphatic heterocycles. The molecule has 0 saturated heterocycles. The molecule has 9 heavy (non-hydrogen) atoms. The highest BCUT2D eigenvalue weighted by Gasteiger charge is 2.10. The Morgan fingerprint density at radius 2 is 1.67 bits per heavy atom. The van der Waals surface area contributed by atoms with Gasteiger partial charge in [-0.1, -0.05) is 19.3 Å². The van der Waals surface area contributed by atoms with Gasteiger partial charge in [0.15, 0.2) is 0 Å². The van der Waals surface area contributed by atoms with Crippen LogP contribution in [-0.2, 0) is 0 Å². The van der Waals surface area contributed by atoms with Crippen LogP contribution in [0.2, 0.25) is 0 Å². The molecular formula is C7H17NO. The van der Waals surface area contributed by atoms with Crippen molar-refractivity contribution in [2.45, 2.75) is 32.1 Å². The van der Waals surface area contributed by atoms with E-state index in [2.05, 4.69) is 0 Å². The topological polar surface area (TPSA) is 55.2 Å². The lowest BCUT2D eigenvalue weighted by atomic mass is 9.90. The Hall–Kier alpha value is -0.0800. The van der Waals surface area contributed by atoms with E-state index < -0.39 is 0 Å². The Morgan fingerprint density at radius 1 is 1.11 bits per heavy atom. The van der Waals surface area contributed by atoms with Crippen molar-refractivity contribution in [3.63, 3.8) is 0 Å². The highest BCUT2D eigenvalue weighted by Crippen LogP contribution is 2.22. The Balaban J connectivity index is 0.000000640. The van der Waals surface area contributed by atoms with Gasteiger partial charge in [0.25, 0.3) is 0 Å². The van der Waals surface area contributed by atoms with E-state index >= 15 is 0 Å². The molecule has 1 aliphatic carbocycles. The van der Waals surface area contributed by atoms with Gasteiger partial charge in [-0.15, -0.1) is 0 Å². The Kier molecular flexibility index (Phi) is 4.72. The third kappa shape index (κ3) is 2.82. The van der Waals surface area contributed by atoms with Gasteiger partial charge in [-0.3, -0.25) is 0 Å². The second-order valence-corrected chi connectivity index (χ2v) is 2.69. The van der Waals surface area contributed by atoms with E-state index in [0.29, 0.717) is 12.5 Å². The Morgan fingerprint density at radius 3 is 2.00 bits per heavy atom. The zero-order valence-electron chi connectivity index (χ0n) is 5.97. The van der Waals surface area contributed by atoms with E-state index in [1.807, 2.05) is 0 Å². The monoisotopic (exact) mass is 131 g/mol. The summed E-state index contributed by atoms with van der Waals surface area (Å²) < 4.78 is 0. The van der Waals surface area contributed by atoms with Crippen LogP contribution < -0.4 is 6.15 Å². The summed E-state index contributed by atoms with van der Waals surface area (Å²) in [5.74, 6) is 0.642. The molecular weight excluding hydrogens is 114 g/mol. The van der Waals surface area contributed by atoms with Crippen molar-refractivity contribution < 1.29 is 5.11 Å². The molecule has 1 aliphatic rings. The summed E-state index contributed by atoms with van der Waals surface area (Å²) in [6.07, 6.45) is 6.58. The SMILES string of the molecule is N.OCC1CCCCC1. The summed E-state index contributed by atoms with van der Waals surface area (Å²) in [7, 11) is 0. The first-order valence-electron chi connectivity index (χ1n) is 3.54. The molecule has 1 saturated carbocycles. The van der Waals surface area contributed by atoms with Crippen LogP contribution >= 0.6 is 0 Å². The van der Waals surface area contributed by atoms with E-state index in [4.69, 9.17) is 5.11 Å². The number of rotatable bonds is 1. The van der Waals surface area contributed by atoms with Crippen molar-refractivity contribution in [1.29, 1.82) is 0 Å². The molecule has 0 aromatic heterocycles. The van der Waals surface area contributed by atoms with Crippen LogP contribution in [0.15, 0.2) is 0 Å². The molecule has 0 spiro atoms. The summed E-state index contributed by atoms with van der Waals surface area (Å²) in [4.78, 5) is 0. The highest BCUT2D eigenvalue weighted by atomic mass is 16.3. The maximum Gasteiger partial charge on any atom is 0.0459 e. The fourth-order valence-electron chi connectivity index (χ4n) is 1.37. The van der Waals surface area contributed by atoms with Crippen LogP contribution in [0.1, 0.15) is 32.1 Å². The van der Waals surface area contributed by atoms with Gasteiger partial charge < -0.3 is 11.3 Å². The molecule has 0 heterocycles. The molecule has 0 bridgehead atoms. The van der Waals surface area contributed by atoms with E-state index in [1.165, 1.54) is 32.1 Å². The zero-order valence-corrected chi connectivity index (χ0v) is 5.97. The van der Waals surface area contributed by atoms with Gasteiger partial charge in [-0.05, 0) is 18.8 Å². The van der Waals surface area contributed by atoms with Crippen LogP contribution in [0.5, 0.6) is 0 Å². The number of hydrogen-bond acceptors (Lipinski definition) is 2. The minimum absolute atomic E-state index is 0. The van der Waals surface area contributed by atoms with Crippen LogP contribution in [0.25, 0.3) is 0 Å². The summed E-state index contributed by atoms with van der Waals surface area (Å²) >= 11 is 0. The van der Waals surface area contributed by atoms with Crippen LogP contribution in [-0.4, -0.2) is 11.7 Å². The number of aliphatic hydroxyl groups excluding tert-OH is 1. The van der Waals surface area contributed by atoms with Gasteiger partial charge in [-0.2, -0.15) is 0 Å². The standard InChI is InChI=1S/C7H14O.H3N/c8-6-7-4-2-1-3-5-7;/h7-8H,1-6H2;1H3. The van der Waals surface area contributed by atoms with E-state index in [-0.39, 0.29) is 6.15 Å². The minimum atomic E-state index is 0. The average Bonchev–Trinajstić information content (AvgIpc) is 1.90. The van der Waals surface area contributed by atoms with Crippen molar-refractivity contribution in [3.05, 3.63) is 0 Å². The smallest absolute Gasteiger partial charge is 0.0459 e. The molecule has 56 valence electrons. The zero-order chi connectivity index (χ0) is 5.82. The molecule has 0 aromatic carbocycles. The van der Waals surface area contributed by atoms with E-state index in [9.17, 15) is 0 Å². The minimum Gasteiger partial charge on any atom is -0.396 e. The normalized spacial score (nSPS) is 21.0. The lowest BCUT2D eigenvalue weighted by Crippen LogP contribution is -2.09. The maximum absolute atomic E-state index is 8.69. The van der Waals surface area contributed by atoms with Gasteiger partial charge in [0.1, 0.15) is 0 Å². The molecule has 0 atom stereocenters. The van der Waals surface area contributed by atoms with Crippen LogP contribution in [0.4, 0.5) is 0 Å². The largest absolute Gasteiger partial charge is 0.396 e. The van der Waals surface area contributed by atoms with Crippen molar-refractivity contribution in [2.24, 2.45) is 5.92 Å². The van der Waals surface area contributed by atoms with Gasteiger partial charge in [-0.25, -0.2) is 0 Å². The third-order valence-corrected chi connectivity index (χ3v) is 1.98. The van der Waals surface area contributed by atoms with Crippen molar-refractivity contribution >= 4 is 0 Å². The molecule has 4 N–H and O–H groups in total. The summed E-state index contributed by atoms with van der Waals surface area (Å²) in [6.45, 7) is 0.417. The van der Waals surface area contributed by atoms with Crippen LogP contribution in [0.3, 0.4) is 0 Å². The number of hydrogen-bond donors (Lipinski definition) is 2. The quantitative estimate of drug-likeness (QED) is 0.569. The molecule has 0 unspecified atom stereocenters. The number of aliphatic hydroxyl groups is 1. The van der Waals surface area contributed by atoms with Gasteiger partial charge in [0, 0.05) is 6.61 Å². The molecule has 0 amide bonds. The maximum atomic E-state index is 8.69. The lowest BCUT2D eigenvalue weighted by Gasteiger charge is -2.18. The predicted octanol–water partition coefficient (Wildman–Crippen LogP) is 1.72. The second kappa shape index (κ2) is 4.77. The van der Waals surface area contributed by atoms with Crippen LogP contribution in [0, 0.1) is 5.92 Å². The van der Waals surface area contributed by atoms with Gasteiger partial charge in [0.05, 0.1) is 0 Å². The first kappa shape index (κ1) is 8.92. The van der Waals surface area contributed by atoms with Gasteiger partial charge >= 0.3 is 0 Å². The third-order valence-electron chi connectivity index (χ3n) is 1.98. The lowest BCUT2D eigenvalue weighted by molar-refractivity contribution is 0.190. The highest BCUT2D eigenvalue weighted by molar-refractivity contribution is 4.63. The van der Waals surface area contributed by atoms with Crippen molar-refractivity contribution in [3.8, 4) is 0 Å². The first-order chi connectivity index (χ1) is 3.93. The van der Waals surface area contributed by atoms with Gasteiger partial charge in [0.2, 0.25) is 0 Å². The average molecular weight is 131 g/mol. The molecule has 2 heteroatoms. The molecule has 0 radical (unpaired) electrons. The molecule has 1 rings (SSSR count). The fourth-order valence-corrected chi connectivity index (χ4v) is 1.37. The Bertz CT molecular complexity index is 59.9. The summed E-state index contributed by atoms with van der Waals surface area (Å²) in [5.41, 5.74) is 0. The van der Waals surface area contributed by atoms with E-state index in [1.54, 1.807) is 0 Å². The fraction of sp³-hybridized carbons (Fsp3) is 1.00. The Labute approximate surface area is 56.9 Å². The molecule has 0 aromatic rings. The second-order valence-electron chi connectivity index (χ2n) is 2.69. The summed E-state index contributed by atoms with van der Waals surface area (Å²) in [6, 6.07) is 0. The molecule has 1 fully saturated rings. The van der Waals surface area contributed by atoms with Crippen molar-refractivity contribution in [2.75, 3.05) is 6.61 Å². The van der Waals surface area contributed by atoms with Crippen molar-refractivity contribution in [1.82, 2.24) is 6.15 Å². The molecule has 2 nitrogen and oxygen atoms in total. The predicted molar refractivity (Wildman–Crippen MR) is 38.7 cm³/mol. The first-order valence-corrected chi connectivity index (χ1v) is 3.54.